The molecule has 0 saturated carbocycles. The van der Waals surface area contributed by atoms with Gasteiger partial charge in [-0.1, -0.05) is 13.3 Å². The quantitative estimate of drug-likeness (QED) is 0.475. The number of carbonyl (C=O) groups excluding carboxylic acids is 1. The van der Waals surface area contributed by atoms with Gasteiger partial charge in [-0.3, -0.25) is 0 Å². The predicted molar refractivity (Wildman–Crippen MR) is 63.5 cm³/mol. The van der Waals surface area contributed by atoms with Crippen LogP contribution in [0.15, 0.2) is 12.1 Å². The van der Waals surface area contributed by atoms with Gasteiger partial charge in [0.15, 0.2) is 0 Å². The summed E-state index contributed by atoms with van der Waals surface area (Å²) >= 11 is 0. The predicted octanol–water partition coefficient (Wildman–Crippen LogP) is 1.50. The van der Waals surface area contributed by atoms with Gasteiger partial charge in [-0.2, -0.15) is 15.4 Å². The third kappa shape index (κ3) is 2.20. The summed E-state index contributed by atoms with van der Waals surface area (Å²) in [5.41, 5.74) is 7.46. The Bertz CT molecular complexity index is 535. The molecule has 1 aromatic carbocycles. The number of nitrogen functional groups attached to an aromatic ring is 1. The number of nitrogens with one attached hydrogen (secondary N) is 1. The number of fused-ring (bicyclic) bond motifs is 1. The van der Waals surface area contributed by atoms with E-state index in [0.717, 1.165) is 12.8 Å². The van der Waals surface area contributed by atoms with E-state index in [4.69, 9.17) is 10.5 Å². The van der Waals surface area contributed by atoms with Gasteiger partial charge >= 0.3 is 5.97 Å². The van der Waals surface area contributed by atoms with Gasteiger partial charge in [0.2, 0.25) is 0 Å². The molecule has 1 aromatic heterocycles. The Labute approximate surface area is 98.1 Å². The Hall–Kier alpha value is -2.11. The highest BCUT2D eigenvalue weighted by molar-refractivity contribution is 6.06. The zero-order valence-corrected chi connectivity index (χ0v) is 9.56. The summed E-state index contributed by atoms with van der Waals surface area (Å²) in [7, 11) is 0. The standard InChI is InChI=1S/C11H14N4O2/c1-2-3-6-17-11(16)9-7(12)4-5-8-10(9)14-15-13-8/h4-5H,2-3,6,12H2,1H3,(H,13,14,15). The van der Waals surface area contributed by atoms with Gasteiger partial charge < -0.3 is 10.5 Å². The van der Waals surface area contributed by atoms with Gasteiger partial charge in [0.05, 0.1) is 6.61 Å². The van der Waals surface area contributed by atoms with Crippen molar-refractivity contribution in [1.29, 1.82) is 0 Å². The number of hydrogen-bond donors (Lipinski definition) is 2. The number of aromatic nitrogens is 3. The number of benzene rings is 1. The van der Waals surface area contributed by atoms with Crippen LogP contribution >= 0.6 is 0 Å². The van der Waals surface area contributed by atoms with E-state index in [1.165, 1.54) is 0 Å². The molecule has 0 fully saturated rings. The smallest absolute Gasteiger partial charge is 0.342 e. The summed E-state index contributed by atoms with van der Waals surface area (Å²) in [4.78, 5) is 11.9. The summed E-state index contributed by atoms with van der Waals surface area (Å²) in [6.07, 6.45) is 1.80. The number of rotatable bonds is 4. The van der Waals surface area contributed by atoms with Gasteiger partial charge in [-0.15, -0.1) is 0 Å². The Balaban J connectivity index is 2.30. The number of aromatic amines is 1. The van der Waals surface area contributed by atoms with Crippen LogP contribution in [-0.4, -0.2) is 28.0 Å². The molecule has 0 spiro atoms. The van der Waals surface area contributed by atoms with Crippen LogP contribution in [0.3, 0.4) is 0 Å². The SMILES string of the molecule is CCCCOC(=O)c1c(N)ccc2n[nH]nc12. The number of nitrogens with two attached hydrogens (primary N) is 1. The van der Waals surface area contributed by atoms with E-state index < -0.39 is 5.97 Å². The molecule has 0 aliphatic heterocycles. The highest BCUT2D eigenvalue weighted by Crippen LogP contribution is 2.21. The molecule has 0 aliphatic carbocycles. The van der Waals surface area contributed by atoms with Gasteiger partial charge in [-0.05, 0) is 18.6 Å². The molecule has 0 unspecified atom stereocenters. The second-order valence-corrected chi connectivity index (χ2v) is 3.71. The maximum Gasteiger partial charge on any atom is 0.342 e. The number of esters is 1. The number of hydrogen-bond acceptors (Lipinski definition) is 5. The van der Waals surface area contributed by atoms with Crippen LogP contribution in [0.1, 0.15) is 30.1 Å². The third-order valence-electron chi connectivity index (χ3n) is 2.46. The first-order valence-corrected chi connectivity index (χ1v) is 5.50. The molecule has 90 valence electrons. The minimum Gasteiger partial charge on any atom is -0.462 e. The van der Waals surface area contributed by atoms with Crippen LogP contribution in [0.2, 0.25) is 0 Å². The van der Waals surface area contributed by atoms with Crippen LogP contribution in [0.5, 0.6) is 0 Å². The number of carbonyl (C=O) groups is 1. The molecule has 1 heterocycles. The number of ether oxygens (including phenoxy) is 1. The molecule has 2 aromatic rings. The maximum absolute atomic E-state index is 11.9. The second-order valence-electron chi connectivity index (χ2n) is 3.71. The van der Waals surface area contributed by atoms with Gasteiger partial charge in [-0.25, -0.2) is 4.79 Å². The normalized spacial score (nSPS) is 10.6. The second kappa shape index (κ2) is 4.82. The summed E-state index contributed by atoms with van der Waals surface area (Å²) < 4.78 is 5.13. The molecule has 17 heavy (non-hydrogen) atoms. The number of H-pyrrole nitrogens is 1. The average molecular weight is 234 g/mol. The highest BCUT2D eigenvalue weighted by Gasteiger charge is 2.17. The number of unbranched alkanes of at least 4 members (excludes halogenated alkanes) is 1. The molecule has 0 atom stereocenters. The van der Waals surface area contributed by atoms with Crippen LogP contribution in [-0.2, 0) is 4.74 Å². The molecule has 0 amide bonds. The largest absolute Gasteiger partial charge is 0.462 e. The minimum atomic E-state index is -0.449. The van der Waals surface area contributed by atoms with E-state index in [1.807, 2.05) is 6.92 Å². The highest BCUT2D eigenvalue weighted by atomic mass is 16.5. The molecule has 0 bridgehead atoms. The summed E-state index contributed by atoms with van der Waals surface area (Å²) in [5.74, 6) is -0.449. The summed E-state index contributed by atoms with van der Waals surface area (Å²) in [6, 6.07) is 3.33. The van der Waals surface area contributed by atoms with E-state index in [0.29, 0.717) is 23.3 Å². The first-order chi connectivity index (χ1) is 8.24. The summed E-state index contributed by atoms with van der Waals surface area (Å²) in [6.45, 7) is 2.42. The Morgan fingerprint density at radius 3 is 3.06 bits per heavy atom. The van der Waals surface area contributed by atoms with Crippen molar-refractivity contribution in [3.05, 3.63) is 17.7 Å². The Morgan fingerprint density at radius 1 is 1.47 bits per heavy atom. The maximum atomic E-state index is 11.9. The first kappa shape index (κ1) is 11.4. The van der Waals surface area contributed by atoms with E-state index in [1.54, 1.807) is 12.1 Å². The lowest BCUT2D eigenvalue weighted by atomic mass is 10.1. The average Bonchev–Trinajstić information content (AvgIpc) is 2.77. The lowest BCUT2D eigenvalue weighted by Crippen LogP contribution is -2.10. The van der Waals surface area contributed by atoms with E-state index >= 15 is 0 Å². The lowest BCUT2D eigenvalue weighted by Gasteiger charge is -2.06. The van der Waals surface area contributed by atoms with Crippen molar-refractivity contribution in [2.75, 3.05) is 12.3 Å². The molecular formula is C11H14N4O2. The van der Waals surface area contributed by atoms with Crippen molar-refractivity contribution in [2.45, 2.75) is 19.8 Å². The molecule has 0 saturated heterocycles. The van der Waals surface area contributed by atoms with E-state index in [2.05, 4.69) is 15.4 Å². The first-order valence-electron chi connectivity index (χ1n) is 5.50. The third-order valence-corrected chi connectivity index (χ3v) is 2.46. The number of anilines is 1. The van der Waals surface area contributed by atoms with E-state index in [-0.39, 0.29) is 5.56 Å². The fourth-order valence-electron chi connectivity index (χ4n) is 1.52. The molecule has 0 radical (unpaired) electrons. The van der Waals surface area contributed by atoms with Gasteiger partial charge in [0.25, 0.3) is 0 Å². The van der Waals surface area contributed by atoms with Crippen molar-refractivity contribution < 1.29 is 9.53 Å². The van der Waals surface area contributed by atoms with Gasteiger partial charge in [0, 0.05) is 5.69 Å². The molecule has 3 N–H and O–H groups in total. The zero-order valence-electron chi connectivity index (χ0n) is 9.56. The Morgan fingerprint density at radius 2 is 2.29 bits per heavy atom. The lowest BCUT2D eigenvalue weighted by molar-refractivity contribution is 0.0503. The molecule has 6 heteroatoms. The molecule has 0 aliphatic rings. The monoisotopic (exact) mass is 234 g/mol. The van der Waals surface area contributed by atoms with Crippen molar-refractivity contribution >= 4 is 22.7 Å². The van der Waals surface area contributed by atoms with E-state index in [9.17, 15) is 4.79 Å². The van der Waals surface area contributed by atoms with Crippen LogP contribution in [0, 0.1) is 0 Å². The number of nitrogens with zero attached hydrogens (tertiary/aromatic N) is 2. The van der Waals surface area contributed by atoms with Crippen molar-refractivity contribution in [2.24, 2.45) is 0 Å². The molecular weight excluding hydrogens is 220 g/mol. The fraction of sp³-hybridized carbons (Fsp3) is 0.364. The Kier molecular flexibility index (Phi) is 3.22. The topological polar surface area (TPSA) is 93.9 Å². The van der Waals surface area contributed by atoms with Crippen LogP contribution in [0.4, 0.5) is 5.69 Å². The van der Waals surface area contributed by atoms with Crippen molar-refractivity contribution in [3.8, 4) is 0 Å². The van der Waals surface area contributed by atoms with Crippen molar-refractivity contribution in [3.63, 3.8) is 0 Å². The summed E-state index contributed by atoms with van der Waals surface area (Å²) in [5, 5.41) is 10.3. The molecule has 2 rings (SSSR count). The minimum absolute atomic E-state index is 0.285. The fourth-order valence-corrected chi connectivity index (χ4v) is 1.52. The zero-order chi connectivity index (χ0) is 12.3. The van der Waals surface area contributed by atoms with Crippen LogP contribution in [0.25, 0.3) is 11.0 Å². The van der Waals surface area contributed by atoms with Crippen LogP contribution < -0.4 is 5.73 Å². The molecule has 6 nitrogen and oxygen atoms in total. The van der Waals surface area contributed by atoms with Gasteiger partial charge in [0.1, 0.15) is 16.6 Å². The van der Waals surface area contributed by atoms with Crippen molar-refractivity contribution in [1.82, 2.24) is 15.4 Å².